The van der Waals surface area contributed by atoms with Crippen LogP contribution in [-0.2, 0) is 13.0 Å². The second-order valence-electron chi connectivity index (χ2n) is 4.90. The highest BCUT2D eigenvalue weighted by Gasteiger charge is 2.22. The van der Waals surface area contributed by atoms with Gasteiger partial charge in [0.15, 0.2) is 0 Å². The van der Waals surface area contributed by atoms with Crippen molar-refractivity contribution in [1.82, 2.24) is 14.8 Å². The number of ether oxygens (including phenoxy) is 1. The summed E-state index contributed by atoms with van der Waals surface area (Å²) in [6.45, 7) is 0.974. The van der Waals surface area contributed by atoms with E-state index in [1.54, 1.807) is 7.11 Å². The van der Waals surface area contributed by atoms with E-state index < -0.39 is 0 Å². The highest BCUT2D eigenvalue weighted by atomic mass is 16.5. The minimum absolute atomic E-state index is 0.0332. The molecule has 2 heterocycles. The molecule has 0 saturated carbocycles. The van der Waals surface area contributed by atoms with Crippen molar-refractivity contribution in [2.45, 2.75) is 31.8 Å². The molecule has 1 atom stereocenters. The summed E-state index contributed by atoms with van der Waals surface area (Å²) in [4.78, 5) is 0. The van der Waals surface area contributed by atoms with E-state index in [1.807, 2.05) is 12.1 Å². The van der Waals surface area contributed by atoms with Crippen LogP contribution in [-0.4, -0.2) is 21.9 Å². The highest BCUT2D eigenvalue weighted by Crippen LogP contribution is 2.23. The molecule has 0 radical (unpaired) electrons. The van der Waals surface area contributed by atoms with Gasteiger partial charge in [0.1, 0.15) is 17.4 Å². The van der Waals surface area contributed by atoms with Crippen molar-refractivity contribution >= 4 is 0 Å². The number of methoxy groups -OCH3 is 1. The van der Waals surface area contributed by atoms with Crippen LogP contribution in [0.1, 0.15) is 36.1 Å². The van der Waals surface area contributed by atoms with Crippen molar-refractivity contribution in [3.05, 3.63) is 41.5 Å². The van der Waals surface area contributed by atoms with E-state index in [-0.39, 0.29) is 6.04 Å². The molecule has 2 aromatic rings. The molecule has 5 heteroatoms. The fraction of sp³-hybridized carbons (Fsp3) is 0.429. The third-order valence-corrected chi connectivity index (χ3v) is 3.61. The van der Waals surface area contributed by atoms with Gasteiger partial charge in [-0.25, -0.2) is 0 Å². The molecule has 0 spiro atoms. The molecule has 19 heavy (non-hydrogen) atoms. The maximum absolute atomic E-state index is 6.05. The summed E-state index contributed by atoms with van der Waals surface area (Å²) >= 11 is 0. The average molecular weight is 258 g/mol. The number of nitrogens with two attached hydrogens (primary N) is 1. The van der Waals surface area contributed by atoms with Crippen LogP contribution in [0.4, 0.5) is 0 Å². The van der Waals surface area contributed by atoms with E-state index in [9.17, 15) is 0 Å². The Morgan fingerprint density at radius 3 is 2.84 bits per heavy atom. The van der Waals surface area contributed by atoms with Crippen molar-refractivity contribution in [2.24, 2.45) is 5.73 Å². The SMILES string of the molecule is COc1ccc(Cc2nnc3n2CCCC3N)cc1. The molecule has 3 rings (SSSR count). The van der Waals surface area contributed by atoms with Crippen molar-refractivity contribution < 1.29 is 4.74 Å². The fourth-order valence-corrected chi connectivity index (χ4v) is 2.52. The average Bonchev–Trinajstić information content (AvgIpc) is 2.84. The largest absolute Gasteiger partial charge is 0.497 e. The predicted molar refractivity (Wildman–Crippen MR) is 72.0 cm³/mol. The van der Waals surface area contributed by atoms with Gasteiger partial charge in [0.2, 0.25) is 0 Å². The highest BCUT2D eigenvalue weighted by molar-refractivity contribution is 5.29. The Morgan fingerprint density at radius 2 is 2.11 bits per heavy atom. The Hall–Kier alpha value is -1.88. The third kappa shape index (κ3) is 2.33. The summed E-state index contributed by atoms with van der Waals surface area (Å²) in [6, 6.07) is 8.08. The molecule has 0 bridgehead atoms. The minimum atomic E-state index is 0.0332. The second-order valence-corrected chi connectivity index (χ2v) is 4.90. The summed E-state index contributed by atoms with van der Waals surface area (Å²) < 4.78 is 7.32. The van der Waals surface area contributed by atoms with E-state index in [2.05, 4.69) is 26.9 Å². The molecule has 0 fully saturated rings. The summed E-state index contributed by atoms with van der Waals surface area (Å²) in [5.41, 5.74) is 7.25. The zero-order chi connectivity index (χ0) is 13.2. The first kappa shape index (κ1) is 12.2. The lowest BCUT2D eigenvalue weighted by Gasteiger charge is -2.20. The number of fused-ring (bicyclic) bond motifs is 1. The van der Waals surface area contributed by atoms with E-state index in [0.717, 1.165) is 43.2 Å². The smallest absolute Gasteiger partial charge is 0.149 e. The maximum atomic E-state index is 6.05. The monoisotopic (exact) mass is 258 g/mol. The molecule has 1 aliphatic rings. The molecule has 1 aliphatic heterocycles. The van der Waals surface area contributed by atoms with Gasteiger partial charge >= 0.3 is 0 Å². The first-order valence-electron chi connectivity index (χ1n) is 6.58. The molecule has 1 aromatic carbocycles. The van der Waals surface area contributed by atoms with Gasteiger partial charge in [0.25, 0.3) is 0 Å². The van der Waals surface area contributed by atoms with Gasteiger partial charge in [-0.2, -0.15) is 0 Å². The maximum Gasteiger partial charge on any atom is 0.149 e. The Kier molecular flexibility index (Phi) is 3.21. The van der Waals surface area contributed by atoms with Gasteiger partial charge in [-0.3, -0.25) is 0 Å². The Morgan fingerprint density at radius 1 is 1.32 bits per heavy atom. The van der Waals surface area contributed by atoms with Crippen molar-refractivity contribution in [2.75, 3.05) is 7.11 Å². The number of hydrogen-bond donors (Lipinski definition) is 1. The standard InChI is InChI=1S/C14H18N4O/c1-19-11-6-4-10(5-7-11)9-13-16-17-14-12(15)3-2-8-18(13)14/h4-7,12H,2-3,8-9,15H2,1H3. The lowest BCUT2D eigenvalue weighted by atomic mass is 10.1. The van der Waals surface area contributed by atoms with Crippen LogP contribution in [0.25, 0.3) is 0 Å². The zero-order valence-corrected chi connectivity index (χ0v) is 11.0. The van der Waals surface area contributed by atoms with E-state index in [0.29, 0.717) is 0 Å². The number of nitrogens with zero attached hydrogens (tertiary/aromatic N) is 3. The van der Waals surface area contributed by atoms with Crippen molar-refractivity contribution in [1.29, 1.82) is 0 Å². The second kappa shape index (κ2) is 5.01. The molecule has 1 unspecified atom stereocenters. The van der Waals surface area contributed by atoms with Crippen LogP contribution in [0.3, 0.4) is 0 Å². The van der Waals surface area contributed by atoms with Crippen molar-refractivity contribution in [3.63, 3.8) is 0 Å². The fourth-order valence-electron chi connectivity index (χ4n) is 2.52. The summed E-state index contributed by atoms with van der Waals surface area (Å²) in [6.07, 6.45) is 2.88. The number of rotatable bonds is 3. The molecular weight excluding hydrogens is 240 g/mol. The first-order valence-corrected chi connectivity index (χ1v) is 6.58. The molecule has 0 amide bonds. The van der Waals surface area contributed by atoms with Gasteiger partial charge < -0.3 is 15.0 Å². The van der Waals surface area contributed by atoms with Gasteiger partial charge in [-0.1, -0.05) is 12.1 Å². The molecule has 0 saturated heterocycles. The quantitative estimate of drug-likeness (QED) is 0.909. The van der Waals surface area contributed by atoms with Crippen molar-refractivity contribution in [3.8, 4) is 5.75 Å². The van der Waals surface area contributed by atoms with Crippen LogP contribution in [0.15, 0.2) is 24.3 Å². The first-order chi connectivity index (χ1) is 9.28. The Bertz CT molecular complexity index is 561. The lowest BCUT2D eigenvalue weighted by Crippen LogP contribution is -2.23. The normalized spacial score (nSPS) is 18.1. The zero-order valence-electron chi connectivity index (χ0n) is 11.0. The lowest BCUT2D eigenvalue weighted by molar-refractivity contribution is 0.414. The summed E-state index contributed by atoms with van der Waals surface area (Å²) in [5, 5.41) is 8.52. The summed E-state index contributed by atoms with van der Waals surface area (Å²) in [7, 11) is 1.67. The molecule has 1 aromatic heterocycles. The Balaban J connectivity index is 1.83. The van der Waals surface area contributed by atoms with Crippen LogP contribution < -0.4 is 10.5 Å². The Labute approximate surface area is 112 Å². The van der Waals surface area contributed by atoms with Gasteiger partial charge in [-0.15, -0.1) is 10.2 Å². The third-order valence-electron chi connectivity index (χ3n) is 3.61. The molecule has 100 valence electrons. The van der Waals surface area contributed by atoms with Crippen LogP contribution in [0.2, 0.25) is 0 Å². The number of benzene rings is 1. The van der Waals surface area contributed by atoms with E-state index >= 15 is 0 Å². The number of aromatic nitrogens is 3. The van der Waals surface area contributed by atoms with E-state index in [4.69, 9.17) is 10.5 Å². The predicted octanol–water partition coefficient (Wildman–Crippen LogP) is 1.67. The van der Waals surface area contributed by atoms with Gasteiger partial charge in [0, 0.05) is 13.0 Å². The minimum Gasteiger partial charge on any atom is -0.497 e. The molecule has 0 aliphatic carbocycles. The molecule has 2 N–H and O–H groups in total. The van der Waals surface area contributed by atoms with Crippen LogP contribution >= 0.6 is 0 Å². The summed E-state index contributed by atoms with van der Waals surface area (Å²) in [5.74, 6) is 2.79. The van der Waals surface area contributed by atoms with Crippen LogP contribution in [0, 0.1) is 0 Å². The van der Waals surface area contributed by atoms with Gasteiger partial charge in [0.05, 0.1) is 13.2 Å². The molecular formula is C14H18N4O. The van der Waals surface area contributed by atoms with Crippen LogP contribution in [0.5, 0.6) is 5.75 Å². The molecule has 5 nitrogen and oxygen atoms in total. The number of hydrogen-bond acceptors (Lipinski definition) is 4. The van der Waals surface area contributed by atoms with E-state index in [1.165, 1.54) is 5.56 Å². The topological polar surface area (TPSA) is 66.0 Å². The van der Waals surface area contributed by atoms with Gasteiger partial charge in [-0.05, 0) is 30.5 Å².